The minimum atomic E-state index is -0.387. The molecule has 0 saturated carbocycles. The van der Waals surface area contributed by atoms with Gasteiger partial charge >= 0.3 is 0 Å². The third-order valence-electron chi connectivity index (χ3n) is 2.71. The molecule has 3 N–H and O–H groups in total. The molecule has 120 valence electrons. The minimum Gasteiger partial charge on any atom is -0.369 e. The molecule has 2 aromatic rings. The van der Waals surface area contributed by atoms with E-state index in [-0.39, 0.29) is 17.6 Å². The molecular weight excluding hydrogens is 396 g/mol. The van der Waals surface area contributed by atoms with Crippen molar-refractivity contribution in [3.8, 4) is 0 Å². The number of halogens is 1. The number of rotatable bonds is 7. The molecule has 0 aliphatic heterocycles. The number of primary amides is 1. The Morgan fingerprint density at radius 1 is 1.00 bits per heavy atom. The van der Waals surface area contributed by atoms with Crippen LogP contribution in [0.1, 0.15) is 0 Å². The highest BCUT2D eigenvalue weighted by Gasteiger charge is 2.08. The maximum atomic E-state index is 12.1. The smallest absolute Gasteiger partial charge is 0.234 e. The Morgan fingerprint density at radius 2 is 1.70 bits per heavy atom. The number of para-hydroxylation sites is 1. The van der Waals surface area contributed by atoms with Crippen molar-refractivity contribution in [3.05, 3.63) is 53.0 Å². The lowest BCUT2D eigenvalue weighted by atomic mass is 10.3. The van der Waals surface area contributed by atoms with E-state index in [1.807, 2.05) is 48.5 Å². The lowest BCUT2D eigenvalue weighted by Crippen LogP contribution is -2.15. The van der Waals surface area contributed by atoms with Crippen LogP contribution in [0.2, 0.25) is 0 Å². The fourth-order valence-electron chi connectivity index (χ4n) is 1.71. The number of carbonyl (C=O) groups excluding carboxylic acids is 2. The lowest BCUT2D eigenvalue weighted by Gasteiger charge is -2.10. The van der Waals surface area contributed by atoms with E-state index < -0.39 is 0 Å². The van der Waals surface area contributed by atoms with E-state index in [1.54, 1.807) is 0 Å². The van der Waals surface area contributed by atoms with Gasteiger partial charge in [0.2, 0.25) is 11.8 Å². The molecule has 4 nitrogen and oxygen atoms in total. The van der Waals surface area contributed by atoms with Gasteiger partial charge in [0, 0.05) is 14.3 Å². The number of hydrogen-bond donors (Lipinski definition) is 2. The summed E-state index contributed by atoms with van der Waals surface area (Å²) in [6, 6.07) is 15.2. The highest BCUT2D eigenvalue weighted by Crippen LogP contribution is 2.27. The normalized spacial score (nSPS) is 10.3. The molecule has 0 aromatic heterocycles. The van der Waals surface area contributed by atoms with E-state index in [0.29, 0.717) is 11.4 Å². The van der Waals surface area contributed by atoms with Crippen molar-refractivity contribution in [3.63, 3.8) is 0 Å². The van der Waals surface area contributed by atoms with Crippen LogP contribution >= 0.6 is 39.5 Å². The molecule has 2 amide bonds. The van der Waals surface area contributed by atoms with Crippen LogP contribution in [0.25, 0.3) is 0 Å². The Labute approximate surface area is 151 Å². The van der Waals surface area contributed by atoms with Crippen molar-refractivity contribution in [2.24, 2.45) is 5.73 Å². The summed E-state index contributed by atoms with van der Waals surface area (Å²) in [5.41, 5.74) is 5.86. The number of nitrogens with one attached hydrogen (secondary N) is 1. The van der Waals surface area contributed by atoms with Crippen molar-refractivity contribution in [2.45, 2.75) is 9.79 Å². The SMILES string of the molecule is NC(=O)CSc1ccccc1NC(=O)CSc1ccc(Br)cc1. The summed E-state index contributed by atoms with van der Waals surface area (Å²) < 4.78 is 1.01. The molecule has 2 rings (SSSR count). The van der Waals surface area contributed by atoms with Gasteiger partial charge in [0.1, 0.15) is 0 Å². The van der Waals surface area contributed by atoms with Gasteiger partial charge in [-0.15, -0.1) is 23.5 Å². The van der Waals surface area contributed by atoms with Crippen molar-refractivity contribution in [2.75, 3.05) is 16.8 Å². The number of carbonyl (C=O) groups is 2. The number of thioether (sulfide) groups is 2. The van der Waals surface area contributed by atoms with E-state index in [0.717, 1.165) is 14.3 Å². The van der Waals surface area contributed by atoms with Gasteiger partial charge < -0.3 is 11.1 Å². The molecule has 0 heterocycles. The molecule has 0 radical (unpaired) electrons. The predicted molar refractivity (Wildman–Crippen MR) is 99.9 cm³/mol. The van der Waals surface area contributed by atoms with Crippen molar-refractivity contribution >= 4 is 57.0 Å². The summed E-state index contributed by atoms with van der Waals surface area (Å²) in [5, 5.41) is 2.87. The zero-order valence-electron chi connectivity index (χ0n) is 12.1. The number of hydrogen-bond acceptors (Lipinski definition) is 4. The molecule has 0 aliphatic carbocycles. The third-order valence-corrected chi connectivity index (χ3v) is 5.35. The number of amides is 2. The van der Waals surface area contributed by atoms with Gasteiger partial charge in [-0.2, -0.15) is 0 Å². The van der Waals surface area contributed by atoms with E-state index in [4.69, 9.17) is 5.73 Å². The van der Waals surface area contributed by atoms with Crippen LogP contribution in [0.15, 0.2) is 62.8 Å². The number of benzene rings is 2. The standard InChI is InChI=1S/C16H15BrN2O2S2/c17-11-5-7-12(8-6-11)22-10-16(21)19-13-3-1-2-4-14(13)23-9-15(18)20/h1-8H,9-10H2,(H2,18,20)(H,19,21). The van der Waals surface area contributed by atoms with E-state index >= 15 is 0 Å². The van der Waals surface area contributed by atoms with Crippen LogP contribution in [0.4, 0.5) is 5.69 Å². The van der Waals surface area contributed by atoms with Gasteiger partial charge in [0.15, 0.2) is 0 Å². The van der Waals surface area contributed by atoms with E-state index in [9.17, 15) is 9.59 Å². The maximum absolute atomic E-state index is 12.1. The fourth-order valence-corrected chi connectivity index (χ4v) is 3.42. The summed E-state index contributed by atoms with van der Waals surface area (Å²) in [6.45, 7) is 0. The third kappa shape index (κ3) is 6.29. The molecule has 23 heavy (non-hydrogen) atoms. The van der Waals surface area contributed by atoms with Crippen molar-refractivity contribution in [1.82, 2.24) is 0 Å². The van der Waals surface area contributed by atoms with Crippen LogP contribution in [-0.2, 0) is 9.59 Å². The second kappa shape index (κ2) is 9.00. The molecule has 7 heteroatoms. The van der Waals surface area contributed by atoms with Gasteiger partial charge in [-0.1, -0.05) is 28.1 Å². The van der Waals surface area contributed by atoms with Crippen molar-refractivity contribution < 1.29 is 9.59 Å². The van der Waals surface area contributed by atoms with Crippen LogP contribution < -0.4 is 11.1 Å². The largest absolute Gasteiger partial charge is 0.369 e. The molecule has 0 atom stereocenters. The van der Waals surface area contributed by atoms with E-state index in [1.165, 1.54) is 23.5 Å². The second-order valence-corrected chi connectivity index (χ2v) is 7.52. The Balaban J connectivity index is 1.92. The quantitative estimate of drug-likeness (QED) is 0.681. The summed E-state index contributed by atoms with van der Waals surface area (Å²) in [6.07, 6.45) is 0. The first kappa shape index (κ1) is 17.9. The summed E-state index contributed by atoms with van der Waals surface area (Å²) in [5.74, 6) is 0.0173. The number of nitrogens with two attached hydrogens (primary N) is 1. The monoisotopic (exact) mass is 410 g/mol. The molecule has 0 fully saturated rings. The Morgan fingerprint density at radius 3 is 2.39 bits per heavy atom. The first-order chi connectivity index (χ1) is 11.0. The summed E-state index contributed by atoms with van der Waals surface area (Å²) >= 11 is 6.16. The molecule has 0 saturated heterocycles. The van der Waals surface area contributed by atoms with Gasteiger partial charge in [0.25, 0.3) is 0 Å². The first-order valence-corrected chi connectivity index (χ1v) is 9.49. The average molecular weight is 411 g/mol. The lowest BCUT2D eigenvalue weighted by molar-refractivity contribution is -0.115. The maximum Gasteiger partial charge on any atom is 0.234 e. The van der Waals surface area contributed by atoms with Gasteiger partial charge in [-0.3, -0.25) is 9.59 Å². The zero-order valence-corrected chi connectivity index (χ0v) is 15.3. The molecule has 0 bridgehead atoms. The molecule has 0 unspecified atom stereocenters. The fraction of sp³-hybridized carbons (Fsp3) is 0.125. The van der Waals surface area contributed by atoms with Crippen LogP contribution in [0.3, 0.4) is 0 Å². The van der Waals surface area contributed by atoms with Crippen LogP contribution in [-0.4, -0.2) is 23.3 Å². The Hall–Kier alpha value is -1.44. The van der Waals surface area contributed by atoms with Crippen molar-refractivity contribution in [1.29, 1.82) is 0 Å². The average Bonchev–Trinajstić information content (AvgIpc) is 2.53. The van der Waals surface area contributed by atoms with Gasteiger partial charge in [-0.05, 0) is 36.4 Å². The summed E-state index contributed by atoms with van der Waals surface area (Å²) in [7, 11) is 0. The predicted octanol–water partition coefficient (Wildman–Crippen LogP) is 3.76. The summed E-state index contributed by atoms with van der Waals surface area (Å²) in [4.78, 5) is 24.9. The van der Waals surface area contributed by atoms with E-state index in [2.05, 4.69) is 21.2 Å². The number of anilines is 1. The molecule has 2 aromatic carbocycles. The highest BCUT2D eigenvalue weighted by molar-refractivity contribution is 9.10. The van der Waals surface area contributed by atoms with Crippen LogP contribution in [0, 0.1) is 0 Å². The highest BCUT2D eigenvalue weighted by atomic mass is 79.9. The Kier molecular flexibility index (Phi) is 7.01. The van der Waals surface area contributed by atoms with Gasteiger partial charge in [-0.25, -0.2) is 0 Å². The molecular formula is C16H15BrN2O2S2. The zero-order chi connectivity index (χ0) is 16.7. The molecule has 0 spiro atoms. The second-order valence-electron chi connectivity index (χ2n) is 4.54. The van der Waals surface area contributed by atoms with Gasteiger partial charge in [0.05, 0.1) is 17.2 Å². The first-order valence-electron chi connectivity index (χ1n) is 6.73. The topological polar surface area (TPSA) is 72.2 Å². The Bertz CT molecular complexity index is 693. The molecule has 0 aliphatic rings. The minimum absolute atomic E-state index is 0.0926. The van der Waals surface area contributed by atoms with Crippen LogP contribution in [0.5, 0.6) is 0 Å².